The minimum absolute atomic E-state index is 0.0665. The molecular weight excluding hydrogens is 250 g/mol. The maximum absolute atomic E-state index is 12.5. The zero-order chi connectivity index (χ0) is 13.2. The highest BCUT2D eigenvalue weighted by Gasteiger charge is 2.26. The van der Waals surface area contributed by atoms with Gasteiger partial charge in [0.2, 0.25) is 9.84 Å². The van der Waals surface area contributed by atoms with Gasteiger partial charge in [-0.05, 0) is 18.1 Å². The summed E-state index contributed by atoms with van der Waals surface area (Å²) < 4.78 is 25.0. The second kappa shape index (κ2) is 4.81. The number of sulfone groups is 1. The van der Waals surface area contributed by atoms with Crippen LogP contribution in [-0.4, -0.2) is 14.6 Å². The van der Waals surface area contributed by atoms with Crippen LogP contribution in [0, 0.1) is 5.92 Å². The molecule has 0 radical (unpaired) electrons. The number of nitrogens with one attached hydrogen (secondary N) is 2. The fraction of sp³-hybridized carbons (Fsp3) is 0.250. The Bertz CT molecular complexity index is 589. The maximum atomic E-state index is 12.5. The molecule has 1 aromatic carbocycles. The lowest BCUT2D eigenvalue weighted by atomic mass is 10.1. The summed E-state index contributed by atoms with van der Waals surface area (Å²) in [6.45, 7) is 3.85. The smallest absolute Gasteiger partial charge is 0.223 e. The number of allylic oxidation sites excluding steroid dienone is 1. The lowest BCUT2D eigenvalue weighted by Gasteiger charge is -2.20. The predicted octanol–water partition coefficient (Wildman–Crippen LogP) is 1.42. The van der Waals surface area contributed by atoms with Gasteiger partial charge in [0.05, 0.1) is 11.1 Å². The van der Waals surface area contributed by atoms with Gasteiger partial charge in [0.1, 0.15) is 0 Å². The lowest BCUT2D eigenvalue weighted by molar-refractivity contribution is 0.576. The largest absolute Gasteiger partial charge is 0.274 e. The SMILES string of the molecule is CC(C)C1=C(S(=O)(=O)c2ccccc2)NNN=C1. The fourth-order valence-corrected chi connectivity index (χ4v) is 3.20. The van der Waals surface area contributed by atoms with E-state index in [1.54, 1.807) is 30.3 Å². The molecule has 96 valence electrons. The molecule has 0 spiro atoms. The van der Waals surface area contributed by atoms with Crippen LogP contribution in [0.1, 0.15) is 13.8 Å². The number of hydrazine groups is 1. The Hall–Kier alpha value is -1.82. The maximum Gasteiger partial charge on any atom is 0.223 e. The summed E-state index contributed by atoms with van der Waals surface area (Å²) in [6, 6.07) is 8.34. The molecule has 0 atom stereocenters. The quantitative estimate of drug-likeness (QED) is 0.867. The second-order valence-electron chi connectivity index (χ2n) is 4.25. The number of benzene rings is 1. The molecule has 0 aromatic heterocycles. The molecule has 1 heterocycles. The number of hydrazone groups is 1. The van der Waals surface area contributed by atoms with Crippen molar-refractivity contribution in [2.75, 3.05) is 0 Å². The number of hydrogen-bond donors (Lipinski definition) is 2. The topological polar surface area (TPSA) is 70.6 Å². The van der Waals surface area contributed by atoms with Crippen LogP contribution in [0.5, 0.6) is 0 Å². The summed E-state index contributed by atoms with van der Waals surface area (Å²) in [5, 5.41) is 3.99. The first-order valence-corrected chi connectivity index (χ1v) is 7.10. The molecule has 2 N–H and O–H groups in total. The van der Waals surface area contributed by atoms with Crippen LogP contribution < -0.4 is 11.0 Å². The van der Waals surface area contributed by atoms with Gasteiger partial charge in [-0.1, -0.05) is 32.0 Å². The van der Waals surface area contributed by atoms with E-state index in [1.807, 2.05) is 13.8 Å². The van der Waals surface area contributed by atoms with E-state index >= 15 is 0 Å². The van der Waals surface area contributed by atoms with E-state index in [9.17, 15) is 8.42 Å². The Morgan fingerprint density at radius 3 is 2.44 bits per heavy atom. The second-order valence-corrected chi connectivity index (χ2v) is 6.14. The highest BCUT2D eigenvalue weighted by molar-refractivity contribution is 7.95. The van der Waals surface area contributed by atoms with Crippen molar-refractivity contribution in [3.8, 4) is 0 Å². The summed E-state index contributed by atoms with van der Waals surface area (Å²) in [5.74, 6) is 0.0665. The number of hydrogen-bond acceptors (Lipinski definition) is 5. The van der Waals surface area contributed by atoms with E-state index in [2.05, 4.69) is 16.1 Å². The lowest BCUT2D eigenvalue weighted by Crippen LogP contribution is -2.36. The van der Waals surface area contributed by atoms with Crippen molar-refractivity contribution in [3.63, 3.8) is 0 Å². The average molecular weight is 265 g/mol. The first-order chi connectivity index (χ1) is 8.53. The Labute approximate surface area is 106 Å². The van der Waals surface area contributed by atoms with Gasteiger partial charge < -0.3 is 0 Å². The van der Waals surface area contributed by atoms with E-state index in [0.717, 1.165) is 0 Å². The molecule has 0 saturated carbocycles. The van der Waals surface area contributed by atoms with Crippen LogP contribution in [0.3, 0.4) is 0 Å². The Morgan fingerprint density at radius 2 is 1.83 bits per heavy atom. The standard InChI is InChI=1S/C12H15N3O2S/c1-9(2)11-8-13-15-14-12(11)18(16,17)10-6-4-3-5-7-10/h3-9,14-15H,1-2H3. The Morgan fingerprint density at radius 1 is 1.17 bits per heavy atom. The number of rotatable bonds is 3. The summed E-state index contributed by atoms with van der Waals surface area (Å²) in [4.78, 5) is 0.266. The van der Waals surface area contributed by atoms with Gasteiger partial charge in [-0.3, -0.25) is 5.43 Å². The van der Waals surface area contributed by atoms with Gasteiger partial charge in [-0.25, -0.2) is 14.0 Å². The first-order valence-electron chi connectivity index (χ1n) is 5.62. The van der Waals surface area contributed by atoms with Crippen molar-refractivity contribution in [2.45, 2.75) is 18.7 Å². The number of nitrogens with zero attached hydrogens (tertiary/aromatic N) is 1. The van der Waals surface area contributed by atoms with Crippen molar-refractivity contribution in [2.24, 2.45) is 11.0 Å². The van der Waals surface area contributed by atoms with Gasteiger partial charge >= 0.3 is 0 Å². The molecule has 6 heteroatoms. The Kier molecular flexibility index (Phi) is 3.38. The van der Waals surface area contributed by atoms with E-state index < -0.39 is 9.84 Å². The molecule has 0 saturated heterocycles. The zero-order valence-corrected chi connectivity index (χ0v) is 11.0. The monoisotopic (exact) mass is 265 g/mol. The molecule has 0 unspecified atom stereocenters. The van der Waals surface area contributed by atoms with Crippen molar-refractivity contribution >= 4 is 16.1 Å². The van der Waals surface area contributed by atoms with E-state index in [0.29, 0.717) is 5.57 Å². The van der Waals surface area contributed by atoms with E-state index in [1.165, 1.54) is 6.21 Å². The van der Waals surface area contributed by atoms with Gasteiger partial charge in [0.25, 0.3) is 0 Å². The van der Waals surface area contributed by atoms with Crippen molar-refractivity contribution in [1.29, 1.82) is 0 Å². The van der Waals surface area contributed by atoms with Crippen LogP contribution in [0.15, 0.2) is 50.9 Å². The summed E-state index contributed by atoms with van der Waals surface area (Å²) >= 11 is 0. The van der Waals surface area contributed by atoms with Crippen LogP contribution in [0.25, 0.3) is 0 Å². The molecule has 18 heavy (non-hydrogen) atoms. The molecule has 0 amide bonds. The third-order valence-electron chi connectivity index (χ3n) is 2.64. The van der Waals surface area contributed by atoms with E-state index in [-0.39, 0.29) is 15.8 Å². The van der Waals surface area contributed by atoms with Gasteiger partial charge in [0, 0.05) is 5.57 Å². The molecule has 5 nitrogen and oxygen atoms in total. The molecule has 2 rings (SSSR count). The van der Waals surface area contributed by atoms with Crippen LogP contribution in [-0.2, 0) is 9.84 Å². The predicted molar refractivity (Wildman–Crippen MR) is 70.3 cm³/mol. The average Bonchev–Trinajstić information content (AvgIpc) is 2.39. The third-order valence-corrected chi connectivity index (χ3v) is 4.41. The summed E-state index contributed by atoms with van der Waals surface area (Å²) in [6.07, 6.45) is 1.54. The van der Waals surface area contributed by atoms with Crippen LogP contribution in [0.4, 0.5) is 0 Å². The molecule has 1 aliphatic rings. The van der Waals surface area contributed by atoms with Crippen LogP contribution in [0.2, 0.25) is 0 Å². The highest BCUT2D eigenvalue weighted by atomic mass is 32.2. The molecule has 1 aromatic rings. The summed E-state index contributed by atoms with van der Waals surface area (Å²) in [7, 11) is -3.54. The molecule has 0 fully saturated rings. The molecule has 0 aliphatic carbocycles. The third kappa shape index (κ3) is 2.24. The zero-order valence-electron chi connectivity index (χ0n) is 10.2. The Balaban J connectivity index is 2.56. The van der Waals surface area contributed by atoms with Gasteiger partial charge in [-0.15, -0.1) is 0 Å². The minimum Gasteiger partial charge on any atom is -0.274 e. The van der Waals surface area contributed by atoms with Gasteiger partial charge in [-0.2, -0.15) is 5.10 Å². The summed E-state index contributed by atoms with van der Waals surface area (Å²) in [5.41, 5.74) is 5.78. The molecule has 0 bridgehead atoms. The molecular formula is C12H15N3O2S. The fourth-order valence-electron chi connectivity index (χ4n) is 1.67. The van der Waals surface area contributed by atoms with Crippen molar-refractivity contribution in [1.82, 2.24) is 11.0 Å². The van der Waals surface area contributed by atoms with Gasteiger partial charge in [0.15, 0.2) is 5.03 Å². The highest BCUT2D eigenvalue weighted by Crippen LogP contribution is 2.23. The van der Waals surface area contributed by atoms with Crippen molar-refractivity contribution < 1.29 is 8.42 Å². The van der Waals surface area contributed by atoms with E-state index in [4.69, 9.17) is 0 Å². The minimum atomic E-state index is -3.54. The van der Waals surface area contributed by atoms with Crippen molar-refractivity contribution in [3.05, 3.63) is 40.9 Å². The molecule has 1 aliphatic heterocycles. The van der Waals surface area contributed by atoms with Crippen LogP contribution >= 0.6 is 0 Å². The normalized spacial score (nSPS) is 15.5. The first kappa shape index (κ1) is 12.6.